The predicted octanol–water partition coefficient (Wildman–Crippen LogP) is 16.0. The second-order valence-electron chi connectivity index (χ2n) is 18.4. The summed E-state index contributed by atoms with van der Waals surface area (Å²) in [5.74, 6) is 1.66. The van der Waals surface area contributed by atoms with Crippen LogP contribution >= 0.6 is 0 Å². The van der Waals surface area contributed by atoms with Gasteiger partial charge in [-0.1, -0.05) is 234 Å². The lowest BCUT2D eigenvalue weighted by Crippen LogP contribution is -2.30. The SMILES string of the molecule is CCC(C)CCCCCCCCCCCCC(=O)O[C@H](COC(=O)CCCCCCCCCCCCCCC(C)C)COC(=O)CCCCCCCCC(C)CC. The van der Waals surface area contributed by atoms with Crippen molar-refractivity contribution in [2.45, 2.75) is 279 Å². The van der Waals surface area contributed by atoms with Crippen molar-refractivity contribution in [3.63, 3.8) is 0 Å². The van der Waals surface area contributed by atoms with Crippen molar-refractivity contribution >= 4 is 17.9 Å². The smallest absolute Gasteiger partial charge is 0.306 e. The third-order valence-corrected chi connectivity index (χ3v) is 12.1. The standard InChI is InChI=1S/C51H98O6/c1-7-46(5)38-32-26-20-16-13-14-18-22-30-36-42-51(54)57-48(44-56-50(53)41-35-29-24-23-27-33-39-47(6)8-2)43-55-49(52)40-34-28-21-17-12-10-9-11-15-19-25-31-37-45(3)4/h45-48H,7-44H2,1-6H3/t46?,47?,48-/m1/s1. The molecule has 3 atom stereocenters. The maximum atomic E-state index is 12.8. The number of carbonyl (C=O) groups excluding carboxylic acids is 3. The van der Waals surface area contributed by atoms with Crippen molar-refractivity contribution < 1.29 is 28.6 Å². The Morgan fingerprint density at radius 2 is 0.614 bits per heavy atom. The van der Waals surface area contributed by atoms with Gasteiger partial charge in [0.05, 0.1) is 0 Å². The number of unbranched alkanes of at least 4 members (excludes halogenated alkanes) is 25. The predicted molar refractivity (Wildman–Crippen MR) is 243 cm³/mol. The molecule has 2 unspecified atom stereocenters. The Labute approximate surface area is 355 Å². The molecule has 0 aromatic heterocycles. The lowest BCUT2D eigenvalue weighted by molar-refractivity contribution is -0.167. The average molecular weight is 807 g/mol. The molecule has 0 spiro atoms. The summed E-state index contributed by atoms with van der Waals surface area (Å²) >= 11 is 0. The van der Waals surface area contributed by atoms with Crippen LogP contribution < -0.4 is 0 Å². The largest absolute Gasteiger partial charge is 0.462 e. The lowest BCUT2D eigenvalue weighted by Gasteiger charge is -2.18. The van der Waals surface area contributed by atoms with Gasteiger partial charge >= 0.3 is 17.9 Å². The van der Waals surface area contributed by atoms with Gasteiger partial charge in [0, 0.05) is 19.3 Å². The van der Waals surface area contributed by atoms with E-state index in [1.807, 2.05) is 0 Å². The van der Waals surface area contributed by atoms with E-state index in [0.29, 0.717) is 19.3 Å². The average Bonchev–Trinajstić information content (AvgIpc) is 3.19. The first-order valence-corrected chi connectivity index (χ1v) is 25.2. The quantitative estimate of drug-likeness (QED) is 0.0347. The van der Waals surface area contributed by atoms with E-state index < -0.39 is 6.10 Å². The maximum Gasteiger partial charge on any atom is 0.306 e. The number of ether oxygens (including phenoxy) is 3. The zero-order chi connectivity index (χ0) is 42.0. The molecule has 0 rings (SSSR count). The highest BCUT2D eigenvalue weighted by Gasteiger charge is 2.19. The van der Waals surface area contributed by atoms with Gasteiger partial charge in [0.25, 0.3) is 0 Å². The summed E-state index contributed by atoms with van der Waals surface area (Å²) < 4.78 is 16.8. The van der Waals surface area contributed by atoms with Crippen LogP contribution in [-0.4, -0.2) is 37.2 Å². The Bertz CT molecular complexity index is 887. The van der Waals surface area contributed by atoms with Crippen molar-refractivity contribution in [1.29, 1.82) is 0 Å². The molecule has 57 heavy (non-hydrogen) atoms. The molecule has 6 nitrogen and oxygen atoms in total. The van der Waals surface area contributed by atoms with Gasteiger partial charge in [-0.3, -0.25) is 14.4 Å². The highest BCUT2D eigenvalue weighted by atomic mass is 16.6. The molecule has 0 amide bonds. The van der Waals surface area contributed by atoms with E-state index in [0.717, 1.165) is 75.5 Å². The van der Waals surface area contributed by atoms with Crippen LogP contribution in [0.25, 0.3) is 0 Å². The third-order valence-electron chi connectivity index (χ3n) is 12.1. The van der Waals surface area contributed by atoms with Crippen molar-refractivity contribution in [2.24, 2.45) is 17.8 Å². The number of hydrogen-bond acceptors (Lipinski definition) is 6. The van der Waals surface area contributed by atoms with E-state index >= 15 is 0 Å². The van der Waals surface area contributed by atoms with Crippen molar-refractivity contribution in [2.75, 3.05) is 13.2 Å². The van der Waals surface area contributed by atoms with Crippen LogP contribution in [0.3, 0.4) is 0 Å². The second kappa shape index (κ2) is 42.5. The highest BCUT2D eigenvalue weighted by molar-refractivity contribution is 5.71. The van der Waals surface area contributed by atoms with Gasteiger partial charge < -0.3 is 14.2 Å². The molecular formula is C51H98O6. The summed E-state index contributed by atoms with van der Waals surface area (Å²) in [5, 5.41) is 0. The van der Waals surface area contributed by atoms with Gasteiger partial charge in [-0.2, -0.15) is 0 Å². The minimum absolute atomic E-state index is 0.0656. The van der Waals surface area contributed by atoms with Gasteiger partial charge in [0.2, 0.25) is 0 Å². The van der Waals surface area contributed by atoms with Crippen molar-refractivity contribution in [3.05, 3.63) is 0 Å². The first-order valence-electron chi connectivity index (χ1n) is 25.2. The summed E-state index contributed by atoms with van der Waals surface area (Å²) in [5.41, 5.74) is 0. The summed E-state index contributed by atoms with van der Waals surface area (Å²) in [7, 11) is 0. The van der Waals surface area contributed by atoms with Crippen LogP contribution in [0.1, 0.15) is 273 Å². The van der Waals surface area contributed by atoms with Crippen LogP contribution in [-0.2, 0) is 28.6 Å². The number of rotatable bonds is 44. The van der Waals surface area contributed by atoms with Gasteiger partial charge in [0.1, 0.15) is 13.2 Å². The molecule has 0 aromatic carbocycles. The molecule has 0 saturated heterocycles. The maximum absolute atomic E-state index is 12.8. The van der Waals surface area contributed by atoms with Crippen LogP contribution in [0.5, 0.6) is 0 Å². The van der Waals surface area contributed by atoms with Crippen LogP contribution in [0.15, 0.2) is 0 Å². The molecule has 6 heteroatoms. The molecule has 0 saturated carbocycles. The first-order chi connectivity index (χ1) is 27.7. The van der Waals surface area contributed by atoms with Gasteiger partial charge in [-0.25, -0.2) is 0 Å². The fourth-order valence-electron chi connectivity index (χ4n) is 7.52. The Balaban J connectivity index is 4.33. The van der Waals surface area contributed by atoms with Gasteiger partial charge in [-0.15, -0.1) is 0 Å². The third kappa shape index (κ3) is 42.3. The molecule has 0 aliphatic rings. The van der Waals surface area contributed by atoms with Gasteiger partial charge in [-0.05, 0) is 37.0 Å². The Morgan fingerprint density at radius 3 is 0.912 bits per heavy atom. The van der Waals surface area contributed by atoms with E-state index in [4.69, 9.17) is 14.2 Å². The summed E-state index contributed by atoms with van der Waals surface area (Å²) in [6.45, 7) is 13.7. The summed E-state index contributed by atoms with van der Waals surface area (Å²) in [6, 6.07) is 0. The van der Waals surface area contributed by atoms with E-state index in [9.17, 15) is 14.4 Å². The molecule has 0 heterocycles. The van der Waals surface area contributed by atoms with E-state index in [1.165, 1.54) is 154 Å². The lowest BCUT2D eigenvalue weighted by atomic mass is 9.99. The fourth-order valence-corrected chi connectivity index (χ4v) is 7.52. The first kappa shape index (κ1) is 55.4. The zero-order valence-corrected chi connectivity index (χ0v) is 39.1. The molecule has 0 aliphatic carbocycles. The van der Waals surface area contributed by atoms with E-state index in [-0.39, 0.29) is 31.1 Å². The second-order valence-corrected chi connectivity index (χ2v) is 18.4. The molecule has 0 aliphatic heterocycles. The number of esters is 3. The topological polar surface area (TPSA) is 78.9 Å². The van der Waals surface area contributed by atoms with Crippen molar-refractivity contribution in [3.8, 4) is 0 Å². The molecule has 0 N–H and O–H groups in total. The van der Waals surface area contributed by atoms with Crippen molar-refractivity contribution in [1.82, 2.24) is 0 Å². The normalized spacial score (nSPS) is 13.1. The number of hydrogen-bond donors (Lipinski definition) is 0. The summed E-state index contributed by atoms with van der Waals surface area (Å²) in [4.78, 5) is 37.9. The Kier molecular flexibility index (Phi) is 41.3. The van der Waals surface area contributed by atoms with E-state index in [1.54, 1.807) is 0 Å². The molecule has 338 valence electrons. The van der Waals surface area contributed by atoms with Crippen LogP contribution in [0.4, 0.5) is 0 Å². The molecule has 0 radical (unpaired) electrons. The van der Waals surface area contributed by atoms with Crippen LogP contribution in [0, 0.1) is 17.8 Å². The molecule has 0 bridgehead atoms. The Morgan fingerprint density at radius 1 is 0.351 bits per heavy atom. The van der Waals surface area contributed by atoms with Crippen LogP contribution in [0.2, 0.25) is 0 Å². The highest BCUT2D eigenvalue weighted by Crippen LogP contribution is 2.18. The molecule has 0 fully saturated rings. The Hall–Kier alpha value is -1.59. The minimum Gasteiger partial charge on any atom is -0.462 e. The number of carbonyl (C=O) groups is 3. The molecule has 0 aromatic rings. The van der Waals surface area contributed by atoms with Gasteiger partial charge in [0.15, 0.2) is 6.10 Å². The zero-order valence-electron chi connectivity index (χ0n) is 39.1. The monoisotopic (exact) mass is 807 g/mol. The summed E-state index contributed by atoms with van der Waals surface area (Å²) in [6.07, 6.45) is 40.8. The van der Waals surface area contributed by atoms with E-state index in [2.05, 4.69) is 41.5 Å². The molecular weight excluding hydrogens is 709 g/mol. The fraction of sp³-hybridized carbons (Fsp3) is 0.941. The minimum atomic E-state index is -0.763.